The molecule has 2 heterocycles. The molecule has 0 saturated carbocycles. The van der Waals surface area contributed by atoms with Crippen molar-refractivity contribution in [3.8, 4) is 0 Å². The quantitative estimate of drug-likeness (QED) is 0.893. The second-order valence-corrected chi connectivity index (χ2v) is 6.02. The van der Waals surface area contributed by atoms with Crippen LogP contribution >= 0.6 is 0 Å². The third-order valence-electron chi connectivity index (χ3n) is 4.36. The van der Waals surface area contributed by atoms with Gasteiger partial charge in [-0.3, -0.25) is 4.79 Å². The van der Waals surface area contributed by atoms with Gasteiger partial charge in [-0.1, -0.05) is 30.3 Å². The average Bonchev–Trinajstić information content (AvgIpc) is 2.61. The molecule has 0 radical (unpaired) electrons. The van der Waals surface area contributed by atoms with Crippen LogP contribution in [0.25, 0.3) is 0 Å². The van der Waals surface area contributed by atoms with Crippen molar-refractivity contribution in [2.45, 2.75) is 31.9 Å². The van der Waals surface area contributed by atoms with E-state index in [9.17, 15) is 18.4 Å². The third-order valence-corrected chi connectivity index (χ3v) is 4.36. The summed E-state index contributed by atoms with van der Waals surface area (Å²) < 4.78 is 25.8. The molecule has 0 aliphatic carbocycles. The molecule has 2 N–H and O–H groups in total. The lowest BCUT2D eigenvalue weighted by atomic mass is 10.0. The topological polar surface area (TPSA) is 65.2 Å². The molecule has 5 nitrogen and oxygen atoms in total. The van der Waals surface area contributed by atoms with Crippen LogP contribution < -0.4 is 10.9 Å². The summed E-state index contributed by atoms with van der Waals surface area (Å²) in [7, 11) is 0. The van der Waals surface area contributed by atoms with Gasteiger partial charge < -0.3 is 15.2 Å². The molecule has 132 valence electrons. The summed E-state index contributed by atoms with van der Waals surface area (Å²) in [4.78, 5) is 28.5. The molecule has 1 aliphatic heterocycles. The van der Waals surface area contributed by atoms with E-state index in [4.69, 9.17) is 0 Å². The summed E-state index contributed by atoms with van der Waals surface area (Å²) >= 11 is 0. The normalized spacial score (nSPS) is 14.9. The summed E-state index contributed by atoms with van der Waals surface area (Å²) in [5.41, 5.74) is 1.88. The molecule has 0 fully saturated rings. The van der Waals surface area contributed by atoms with Gasteiger partial charge in [0.05, 0.1) is 12.6 Å². The number of aromatic nitrogens is 1. The van der Waals surface area contributed by atoms with Gasteiger partial charge in [0, 0.05) is 24.7 Å². The highest BCUT2D eigenvalue weighted by Gasteiger charge is 2.26. The van der Waals surface area contributed by atoms with Crippen LogP contribution in [0, 0.1) is 0 Å². The van der Waals surface area contributed by atoms with Crippen LogP contribution in [0.15, 0.2) is 47.4 Å². The van der Waals surface area contributed by atoms with Crippen molar-refractivity contribution in [1.82, 2.24) is 15.2 Å². The number of nitrogens with one attached hydrogen (secondary N) is 2. The molecule has 1 atom stereocenters. The molecule has 1 aromatic heterocycles. The van der Waals surface area contributed by atoms with Crippen LogP contribution in [0.2, 0.25) is 0 Å². The minimum absolute atomic E-state index is 0.174. The summed E-state index contributed by atoms with van der Waals surface area (Å²) in [6.07, 6.45) is -0.834. The first kappa shape index (κ1) is 17.1. The van der Waals surface area contributed by atoms with E-state index in [1.54, 1.807) is 36.5 Å². The molecule has 7 heteroatoms. The van der Waals surface area contributed by atoms with E-state index in [0.29, 0.717) is 24.1 Å². The number of carbonyl (C=O) groups is 1. The molecule has 3 rings (SSSR count). The van der Waals surface area contributed by atoms with Crippen LogP contribution in [0.4, 0.5) is 13.6 Å². The summed E-state index contributed by atoms with van der Waals surface area (Å²) in [5, 5.41) is 2.68. The standard InChI is InChI=1S/C18H19F2N3O2/c19-16(20)10-15(13-4-2-1-3-5-13)22-18(25)23-9-7-12-6-8-21-17(24)14(12)11-23/h1-6,8,15-16H,7,9-11H2,(H,21,24)(H,22,25)/t15-/m1/s1. The first-order valence-electron chi connectivity index (χ1n) is 8.12. The van der Waals surface area contributed by atoms with Crippen molar-refractivity contribution in [3.05, 3.63) is 69.6 Å². The number of hydrogen-bond acceptors (Lipinski definition) is 2. The maximum atomic E-state index is 12.9. The van der Waals surface area contributed by atoms with Crippen LogP contribution in [0.1, 0.15) is 29.2 Å². The monoisotopic (exact) mass is 347 g/mol. The fraction of sp³-hybridized carbons (Fsp3) is 0.333. The summed E-state index contributed by atoms with van der Waals surface area (Å²) in [6.45, 7) is 0.617. The molecule has 0 saturated heterocycles. The number of nitrogens with zero attached hydrogens (tertiary/aromatic N) is 1. The average molecular weight is 347 g/mol. The zero-order valence-electron chi connectivity index (χ0n) is 13.5. The Bertz CT molecular complexity index is 792. The number of halogens is 2. The van der Waals surface area contributed by atoms with Crippen molar-refractivity contribution in [2.75, 3.05) is 6.54 Å². The van der Waals surface area contributed by atoms with Gasteiger partial charge in [-0.15, -0.1) is 0 Å². The smallest absolute Gasteiger partial charge is 0.318 e. The number of urea groups is 1. The van der Waals surface area contributed by atoms with E-state index in [-0.39, 0.29) is 12.1 Å². The molecule has 1 aliphatic rings. The maximum Gasteiger partial charge on any atom is 0.318 e. The zero-order chi connectivity index (χ0) is 17.8. The van der Waals surface area contributed by atoms with E-state index in [1.807, 2.05) is 6.07 Å². The fourth-order valence-corrected chi connectivity index (χ4v) is 3.04. The highest BCUT2D eigenvalue weighted by Crippen LogP contribution is 2.22. The van der Waals surface area contributed by atoms with Crippen molar-refractivity contribution in [3.63, 3.8) is 0 Å². The molecular formula is C18H19F2N3O2. The van der Waals surface area contributed by atoms with Crippen molar-refractivity contribution < 1.29 is 13.6 Å². The molecule has 25 heavy (non-hydrogen) atoms. The number of carbonyl (C=O) groups excluding carboxylic acids is 1. The Morgan fingerprint density at radius 2 is 2.00 bits per heavy atom. The number of rotatable bonds is 4. The molecule has 2 amide bonds. The van der Waals surface area contributed by atoms with Gasteiger partial charge in [0.25, 0.3) is 5.56 Å². The van der Waals surface area contributed by atoms with Gasteiger partial charge in [-0.2, -0.15) is 0 Å². The van der Waals surface area contributed by atoms with E-state index >= 15 is 0 Å². The van der Waals surface area contributed by atoms with Crippen LogP contribution in [0.5, 0.6) is 0 Å². The Balaban J connectivity index is 1.74. The second kappa shape index (κ2) is 7.46. The molecule has 2 aromatic rings. The van der Waals surface area contributed by atoms with Gasteiger partial charge in [0.2, 0.25) is 6.43 Å². The predicted octanol–water partition coefficient (Wildman–Crippen LogP) is 2.84. The number of pyridine rings is 1. The van der Waals surface area contributed by atoms with Gasteiger partial charge in [0.1, 0.15) is 0 Å². The summed E-state index contributed by atoms with van der Waals surface area (Å²) in [5.74, 6) is 0. The van der Waals surface area contributed by atoms with E-state index in [2.05, 4.69) is 10.3 Å². The molecule has 0 spiro atoms. The number of benzene rings is 1. The highest BCUT2D eigenvalue weighted by molar-refractivity contribution is 5.75. The van der Waals surface area contributed by atoms with Crippen molar-refractivity contribution in [2.24, 2.45) is 0 Å². The SMILES string of the molecule is O=C(N[C@H](CC(F)F)c1ccccc1)N1CCc2cc[nH]c(=O)c2C1. The zero-order valence-corrected chi connectivity index (χ0v) is 13.5. The minimum atomic E-state index is -2.53. The van der Waals surface area contributed by atoms with Crippen LogP contribution in [-0.4, -0.2) is 28.9 Å². The number of fused-ring (bicyclic) bond motifs is 1. The second-order valence-electron chi connectivity index (χ2n) is 6.02. The van der Waals surface area contributed by atoms with Crippen LogP contribution in [-0.2, 0) is 13.0 Å². The highest BCUT2D eigenvalue weighted by atomic mass is 19.3. The Hall–Kier alpha value is -2.70. The lowest BCUT2D eigenvalue weighted by molar-refractivity contribution is 0.120. The lowest BCUT2D eigenvalue weighted by Gasteiger charge is -2.30. The Labute approximate surface area is 143 Å². The summed E-state index contributed by atoms with van der Waals surface area (Å²) in [6, 6.07) is 9.32. The first-order valence-corrected chi connectivity index (χ1v) is 8.12. The van der Waals surface area contributed by atoms with Gasteiger partial charge in [0.15, 0.2) is 0 Å². The Morgan fingerprint density at radius 3 is 2.72 bits per heavy atom. The van der Waals surface area contributed by atoms with Crippen molar-refractivity contribution >= 4 is 6.03 Å². The largest absolute Gasteiger partial charge is 0.331 e. The number of aromatic amines is 1. The molecule has 1 aromatic carbocycles. The Morgan fingerprint density at radius 1 is 1.24 bits per heavy atom. The number of hydrogen-bond donors (Lipinski definition) is 2. The van der Waals surface area contributed by atoms with E-state index in [1.165, 1.54) is 4.90 Å². The predicted molar refractivity (Wildman–Crippen MR) is 89.5 cm³/mol. The van der Waals surface area contributed by atoms with Crippen molar-refractivity contribution in [1.29, 1.82) is 0 Å². The Kier molecular flexibility index (Phi) is 5.11. The maximum absolute atomic E-state index is 12.9. The number of amides is 2. The van der Waals surface area contributed by atoms with E-state index in [0.717, 1.165) is 5.56 Å². The first-order chi connectivity index (χ1) is 12.0. The minimum Gasteiger partial charge on any atom is -0.331 e. The van der Waals surface area contributed by atoms with Gasteiger partial charge in [-0.05, 0) is 23.6 Å². The lowest BCUT2D eigenvalue weighted by Crippen LogP contribution is -2.45. The number of H-pyrrole nitrogens is 1. The third kappa shape index (κ3) is 4.04. The van der Waals surface area contributed by atoms with Gasteiger partial charge >= 0.3 is 6.03 Å². The van der Waals surface area contributed by atoms with E-state index < -0.39 is 24.9 Å². The number of alkyl halides is 2. The molecule has 0 unspecified atom stereocenters. The fourth-order valence-electron chi connectivity index (χ4n) is 3.04. The molecule has 0 bridgehead atoms. The molecular weight excluding hydrogens is 328 g/mol. The van der Waals surface area contributed by atoms with Crippen LogP contribution in [0.3, 0.4) is 0 Å². The van der Waals surface area contributed by atoms with Gasteiger partial charge in [-0.25, -0.2) is 13.6 Å².